The number of nitrogens with one attached hydrogen (secondary N) is 1. The molecular formula is C26H26F2N6O2S. The number of hydrogen-bond acceptors (Lipinski definition) is 6. The molecule has 0 spiro atoms. The summed E-state index contributed by atoms with van der Waals surface area (Å²) in [7, 11) is 0. The first-order chi connectivity index (χ1) is 17.8. The second kappa shape index (κ2) is 11.8. The van der Waals surface area contributed by atoms with Gasteiger partial charge in [0.25, 0.3) is 5.91 Å². The van der Waals surface area contributed by atoms with E-state index in [0.717, 1.165) is 11.2 Å². The van der Waals surface area contributed by atoms with Crippen molar-refractivity contribution in [1.29, 1.82) is 0 Å². The van der Waals surface area contributed by atoms with Gasteiger partial charge >= 0.3 is 0 Å². The van der Waals surface area contributed by atoms with Crippen molar-refractivity contribution >= 4 is 28.8 Å². The molecule has 4 aromatic rings. The highest BCUT2D eigenvalue weighted by molar-refractivity contribution is 7.10. The van der Waals surface area contributed by atoms with Gasteiger partial charge in [-0.2, -0.15) is 4.80 Å². The molecule has 8 nitrogen and oxygen atoms in total. The maximum atomic E-state index is 14.2. The van der Waals surface area contributed by atoms with Gasteiger partial charge in [-0.1, -0.05) is 26.0 Å². The third kappa shape index (κ3) is 6.62. The molecule has 0 unspecified atom stereocenters. The minimum absolute atomic E-state index is 0.214. The van der Waals surface area contributed by atoms with Crippen LogP contribution in [0.4, 0.5) is 14.5 Å². The van der Waals surface area contributed by atoms with E-state index in [4.69, 9.17) is 0 Å². The zero-order chi connectivity index (χ0) is 26.4. The fraction of sp³-hybridized carbons (Fsp3) is 0.269. The number of halogens is 2. The molecule has 11 heteroatoms. The van der Waals surface area contributed by atoms with Crippen LogP contribution in [0.15, 0.2) is 66.0 Å². The number of aromatic nitrogens is 4. The van der Waals surface area contributed by atoms with Crippen LogP contribution < -0.4 is 10.2 Å². The number of anilines is 1. The number of nitrogens with zero attached hydrogens (tertiary/aromatic N) is 5. The summed E-state index contributed by atoms with van der Waals surface area (Å²) in [5.41, 5.74) is 0.754. The summed E-state index contributed by atoms with van der Waals surface area (Å²) in [4.78, 5) is 30.1. The third-order valence-electron chi connectivity index (χ3n) is 5.53. The van der Waals surface area contributed by atoms with E-state index in [1.54, 1.807) is 18.2 Å². The number of benzene rings is 2. The van der Waals surface area contributed by atoms with Crippen LogP contribution in [-0.2, 0) is 16.1 Å². The molecule has 0 bridgehead atoms. The Hall–Kier alpha value is -3.99. The molecule has 4 rings (SSSR count). The Bertz CT molecular complexity index is 1340. The van der Waals surface area contributed by atoms with Gasteiger partial charge in [-0.05, 0) is 71.5 Å². The van der Waals surface area contributed by atoms with Crippen LogP contribution in [0.1, 0.15) is 31.2 Å². The fourth-order valence-electron chi connectivity index (χ4n) is 3.69. The van der Waals surface area contributed by atoms with Gasteiger partial charge < -0.3 is 5.32 Å². The third-order valence-corrected chi connectivity index (χ3v) is 6.45. The molecule has 1 N–H and O–H groups in total. The molecule has 2 aromatic heterocycles. The van der Waals surface area contributed by atoms with Gasteiger partial charge in [-0.15, -0.1) is 21.5 Å². The average Bonchev–Trinajstić information content (AvgIpc) is 3.55. The van der Waals surface area contributed by atoms with Crippen molar-refractivity contribution in [2.45, 2.75) is 32.9 Å². The summed E-state index contributed by atoms with van der Waals surface area (Å²) >= 11 is 1.32. The van der Waals surface area contributed by atoms with Crippen LogP contribution in [0.2, 0.25) is 0 Å². The number of thiophene rings is 1. The lowest BCUT2D eigenvalue weighted by Gasteiger charge is -2.30. The largest absolute Gasteiger partial charge is 0.354 e. The van der Waals surface area contributed by atoms with Gasteiger partial charge in [-0.3, -0.25) is 14.5 Å². The maximum absolute atomic E-state index is 14.2. The second-order valence-corrected chi connectivity index (χ2v) is 9.76. The van der Waals surface area contributed by atoms with E-state index in [0.29, 0.717) is 22.9 Å². The zero-order valence-corrected chi connectivity index (χ0v) is 21.2. The molecule has 0 aliphatic heterocycles. The summed E-state index contributed by atoms with van der Waals surface area (Å²) in [6.07, 6.45) is 0.770. The van der Waals surface area contributed by atoms with E-state index in [2.05, 4.69) is 34.6 Å². The van der Waals surface area contributed by atoms with E-state index < -0.39 is 23.6 Å². The first kappa shape index (κ1) is 26.1. The molecule has 1 atom stereocenters. The van der Waals surface area contributed by atoms with Gasteiger partial charge in [0, 0.05) is 22.7 Å². The minimum atomic E-state index is -1.03. The number of amides is 2. The summed E-state index contributed by atoms with van der Waals surface area (Å²) in [5, 5.41) is 16.9. The van der Waals surface area contributed by atoms with Crippen LogP contribution in [-0.4, -0.2) is 38.6 Å². The van der Waals surface area contributed by atoms with Gasteiger partial charge in [0.05, 0.1) is 0 Å². The molecule has 37 heavy (non-hydrogen) atoms. The lowest BCUT2D eigenvalue weighted by molar-refractivity contribution is -0.127. The lowest BCUT2D eigenvalue weighted by Crippen LogP contribution is -2.45. The summed E-state index contributed by atoms with van der Waals surface area (Å²) < 4.78 is 27.5. The maximum Gasteiger partial charge on any atom is 0.251 e. The van der Waals surface area contributed by atoms with Crippen molar-refractivity contribution in [3.63, 3.8) is 0 Å². The number of carbonyl (C=O) groups is 2. The quantitative estimate of drug-likeness (QED) is 0.327. The van der Waals surface area contributed by atoms with Crippen LogP contribution in [0, 0.1) is 17.6 Å². The van der Waals surface area contributed by atoms with Crippen LogP contribution >= 0.6 is 11.3 Å². The Morgan fingerprint density at radius 1 is 1.05 bits per heavy atom. The molecule has 0 saturated carbocycles. The van der Waals surface area contributed by atoms with Crippen LogP contribution in [0.5, 0.6) is 0 Å². The second-order valence-electron chi connectivity index (χ2n) is 8.79. The standard InChI is InChI=1S/C26H26F2N6O2S/c1-17(2)12-13-29-26(36)24(22-7-4-14-37-22)34(21-6-3-5-20(28)15-21)23(35)16-33-31-25(30-32-33)18-8-10-19(27)11-9-18/h3-11,14-15,17,24H,12-13,16H2,1-2H3,(H,29,36)/t24-/m1/s1. The predicted octanol–water partition coefficient (Wildman–Crippen LogP) is 4.62. The highest BCUT2D eigenvalue weighted by Gasteiger charge is 2.34. The van der Waals surface area contributed by atoms with E-state index >= 15 is 0 Å². The molecule has 0 fully saturated rings. The number of tetrazole rings is 1. The molecule has 0 aliphatic carbocycles. The lowest BCUT2D eigenvalue weighted by atomic mass is 10.1. The normalized spacial score (nSPS) is 11.9. The number of carbonyl (C=O) groups excluding carboxylic acids is 2. The molecule has 2 amide bonds. The van der Waals surface area contributed by atoms with Crippen molar-refractivity contribution in [2.75, 3.05) is 11.4 Å². The van der Waals surface area contributed by atoms with Crippen molar-refractivity contribution in [3.05, 3.63) is 82.6 Å². The smallest absolute Gasteiger partial charge is 0.251 e. The Labute approximate surface area is 216 Å². The Morgan fingerprint density at radius 2 is 1.84 bits per heavy atom. The van der Waals surface area contributed by atoms with Crippen molar-refractivity contribution < 1.29 is 18.4 Å². The number of hydrogen-bond donors (Lipinski definition) is 1. The van der Waals surface area contributed by atoms with Gasteiger partial charge in [0.1, 0.15) is 24.2 Å². The van der Waals surface area contributed by atoms with E-state index in [-0.39, 0.29) is 24.0 Å². The minimum Gasteiger partial charge on any atom is -0.354 e. The monoisotopic (exact) mass is 524 g/mol. The molecule has 192 valence electrons. The molecule has 2 heterocycles. The van der Waals surface area contributed by atoms with Crippen molar-refractivity contribution in [3.8, 4) is 11.4 Å². The Kier molecular flexibility index (Phi) is 8.34. The first-order valence-electron chi connectivity index (χ1n) is 11.7. The molecular weight excluding hydrogens is 498 g/mol. The average molecular weight is 525 g/mol. The summed E-state index contributed by atoms with van der Waals surface area (Å²) in [6.45, 7) is 4.19. The van der Waals surface area contributed by atoms with Gasteiger partial charge in [0.15, 0.2) is 0 Å². The summed E-state index contributed by atoms with van der Waals surface area (Å²) in [5.74, 6) is -1.26. The molecule has 0 radical (unpaired) electrons. The molecule has 2 aromatic carbocycles. The van der Waals surface area contributed by atoms with Gasteiger partial charge in [0.2, 0.25) is 11.7 Å². The van der Waals surface area contributed by atoms with Gasteiger partial charge in [-0.25, -0.2) is 8.78 Å². The number of rotatable bonds is 10. The Balaban J connectivity index is 1.65. The SMILES string of the molecule is CC(C)CCNC(=O)[C@@H](c1cccs1)N(C(=O)Cn1nnc(-c2ccc(F)cc2)n1)c1cccc(F)c1. The van der Waals surface area contributed by atoms with Crippen LogP contribution in [0.3, 0.4) is 0 Å². The van der Waals surface area contributed by atoms with E-state index in [1.165, 1.54) is 58.7 Å². The topological polar surface area (TPSA) is 93.0 Å². The highest BCUT2D eigenvalue weighted by Crippen LogP contribution is 2.31. The highest BCUT2D eigenvalue weighted by atomic mass is 32.1. The van der Waals surface area contributed by atoms with E-state index in [9.17, 15) is 18.4 Å². The van der Waals surface area contributed by atoms with Crippen molar-refractivity contribution in [2.24, 2.45) is 5.92 Å². The van der Waals surface area contributed by atoms with Crippen molar-refractivity contribution in [1.82, 2.24) is 25.5 Å². The summed E-state index contributed by atoms with van der Waals surface area (Å²) in [6, 6.07) is 13.6. The fourth-order valence-corrected chi connectivity index (χ4v) is 4.50. The zero-order valence-electron chi connectivity index (χ0n) is 20.3. The molecule has 0 aliphatic rings. The first-order valence-corrected chi connectivity index (χ1v) is 12.6. The Morgan fingerprint density at radius 3 is 2.51 bits per heavy atom. The van der Waals surface area contributed by atoms with E-state index in [1.807, 2.05) is 5.38 Å². The predicted molar refractivity (Wildman–Crippen MR) is 137 cm³/mol. The molecule has 0 saturated heterocycles. The van der Waals surface area contributed by atoms with Crippen LogP contribution in [0.25, 0.3) is 11.4 Å².